The van der Waals surface area contributed by atoms with Crippen molar-refractivity contribution in [2.45, 2.75) is 0 Å². The Morgan fingerprint density at radius 3 is 2.54 bits per heavy atom. The molecular formula is C20H14Cl2N4O2. The molecule has 4 aromatic rings. The second-order valence-corrected chi connectivity index (χ2v) is 6.99. The summed E-state index contributed by atoms with van der Waals surface area (Å²) in [4.78, 5) is 20.3. The first kappa shape index (κ1) is 18.2. The maximum Gasteiger partial charge on any atom is 0.257 e. The Hall–Kier alpha value is -3.22. The molecule has 0 aliphatic rings. The molecule has 0 aliphatic carbocycles. The minimum absolute atomic E-state index is 0.0251. The lowest BCUT2D eigenvalue weighted by molar-refractivity contribution is 0.102. The van der Waals surface area contributed by atoms with Gasteiger partial charge in [0.05, 0.1) is 10.6 Å². The van der Waals surface area contributed by atoms with Crippen molar-refractivity contribution in [3.05, 3.63) is 70.2 Å². The first-order valence-electron chi connectivity index (χ1n) is 8.26. The number of imidazole rings is 1. The fourth-order valence-corrected chi connectivity index (χ4v) is 3.33. The number of halogens is 2. The van der Waals surface area contributed by atoms with Gasteiger partial charge in [0, 0.05) is 22.0 Å². The molecule has 6 nitrogen and oxygen atoms in total. The SMILES string of the molecule is Nc1ccc(NC(=O)c2ccc(O)c3[nH]c(-c4ccc(Cl)cc4Cl)nc23)cc1. The average molecular weight is 413 g/mol. The van der Waals surface area contributed by atoms with Gasteiger partial charge in [-0.05, 0) is 54.6 Å². The van der Waals surface area contributed by atoms with E-state index in [-0.39, 0.29) is 11.7 Å². The lowest BCUT2D eigenvalue weighted by Gasteiger charge is -2.06. The summed E-state index contributed by atoms with van der Waals surface area (Å²) >= 11 is 12.2. The number of fused-ring (bicyclic) bond motifs is 1. The highest BCUT2D eigenvalue weighted by atomic mass is 35.5. The first-order chi connectivity index (χ1) is 13.4. The zero-order valence-electron chi connectivity index (χ0n) is 14.3. The number of nitrogens with one attached hydrogen (secondary N) is 2. The van der Waals surface area contributed by atoms with Crippen molar-refractivity contribution < 1.29 is 9.90 Å². The van der Waals surface area contributed by atoms with Gasteiger partial charge in [0.2, 0.25) is 0 Å². The summed E-state index contributed by atoms with van der Waals surface area (Å²) in [5, 5.41) is 13.9. The van der Waals surface area contributed by atoms with Crippen LogP contribution >= 0.6 is 23.2 Å². The van der Waals surface area contributed by atoms with Gasteiger partial charge in [-0.25, -0.2) is 4.98 Å². The van der Waals surface area contributed by atoms with Crippen molar-refractivity contribution in [1.82, 2.24) is 9.97 Å². The second kappa shape index (κ2) is 7.07. The fourth-order valence-electron chi connectivity index (χ4n) is 2.84. The summed E-state index contributed by atoms with van der Waals surface area (Å²) in [7, 11) is 0. The molecule has 0 saturated carbocycles. The summed E-state index contributed by atoms with van der Waals surface area (Å²) in [6, 6.07) is 14.7. The standard InChI is InChI=1S/C20H14Cl2N4O2/c21-10-1-6-13(15(22)9-10)19-25-17-14(7-8-16(27)18(17)26-19)20(28)24-12-4-2-11(23)3-5-12/h1-9,27H,23H2,(H,24,28)(H,25,26). The van der Waals surface area contributed by atoms with Crippen LogP contribution in [0.5, 0.6) is 5.75 Å². The van der Waals surface area contributed by atoms with Crippen molar-refractivity contribution in [2.75, 3.05) is 11.1 Å². The maximum atomic E-state index is 12.8. The minimum atomic E-state index is -0.366. The van der Waals surface area contributed by atoms with Crippen LogP contribution < -0.4 is 11.1 Å². The quantitative estimate of drug-likeness (QED) is 0.352. The van der Waals surface area contributed by atoms with Gasteiger partial charge in [-0.3, -0.25) is 4.79 Å². The molecule has 0 bridgehead atoms. The molecular weight excluding hydrogens is 399 g/mol. The van der Waals surface area contributed by atoms with Crippen LogP contribution in [0.1, 0.15) is 10.4 Å². The number of hydrogen-bond acceptors (Lipinski definition) is 4. The van der Waals surface area contributed by atoms with Crippen LogP contribution in [-0.2, 0) is 0 Å². The van der Waals surface area contributed by atoms with E-state index in [4.69, 9.17) is 28.9 Å². The Balaban J connectivity index is 1.77. The largest absolute Gasteiger partial charge is 0.506 e. The van der Waals surface area contributed by atoms with Crippen molar-refractivity contribution in [2.24, 2.45) is 0 Å². The smallest absolute Gasteiger partial charge is 0.257 e. The Bertz CT molecular complexity index is 1200. The molecule has 4 rings (SSSR count). The molecule has 1 heterocycles. The summed E-state index contributed by atoms with van der Waals surface area (Å²) in [6.45, 7) is 0. The number of benzene rings is 3. The summed E-state index contributed by atoms with van der Waals surface area (Å²) in [6.07, 6.45) is 0. The van der Waals surface area contributed by atoms with Crippen LogP contribution in [0.3, 0.4) is 0 Å². The number of carbonyl (C=O) groups is 1. The fraction of sp³-hybridized carbons (Fsp3) is 0. The number of phenols is 1. The molecule has 3 aromatic carbocycles. The molecule has 0 fully saturated rings. The first-order valence-corrected chi connectivity index (χ1v) is 9.02. The van der Waals surface area contributed by atoms with E-state index >= 15 is 0 Å². The van der Waals surface area contributed by atoms with E-state index in [1.807, 2.05) is 0 Å². The Kier molecular flexibility index (Phi) is 4.58. The monoisotopic (exact) mass is 412 g/mol. The number of nitrogens with two attached hydrogens (primary N) is 1. The molecule has 5 N–H and O–H groups in total. The van der Waals surface area contributed by atoms with Gasteiger partial charge < -0.3 is 21.1 Å². The Labute approximate surface area is 169 Å². The molecule has 0 spiro atoms. The van der Waals surface area contributed by atoms with E-state index in [2.05, 4.69) is 15.3 Å². The Morgan fingerprint density at radius 1 is 1.07 bits per heavy atom. The number of anilines is 2. The maximum absolute atomic E-state index is 12.8. The number of nitrogen functional groups attached to an aromatic ring is 1. The number of H-pyrrole nitrogens is 1. The predicted octanol–water partition coefficient (Wildman–Crippen LogP) is 5.08. The van der Waals surface area contributed by atoms with Crippen molar-refractivity contribution in [3.63, 3.8) is 0 Å². The van der Waals surface area contributed by atoms with Gasteiger partial charge in [0.25, 0.3) is 5.91 Å². The zero-order chi connectivity index (χ0) is 19.8. The summed E-state index contributed by atoms with van der Waals surface area (Å²) < 4.78 is 0. The number of aromatic nitrogens is 2. The number of nitrogens with zero attached hydrogens (tertiary/aromatic N) is 1. The average Bonchev–Trinajstić information content (AvgIpc) is 3.09. The summed E-state index contributed by atoms with van der Waals surface area (Å²) in [5.74, 6) is 0.0256. The highest BCUT2D eigenvalue weighted by Gasteiger charge is 2.18. The molecule has 0 aliphatic heterocycles. The van der Waals surface area contributed by atoms with E-state index in [1.54, 1.807) is 42.5 Å². The Morgan fingerprint density at radius 2 is 1.82 bits per heavy atom. The molecule has 140 valence electrons. The van der Waals surface area contributed by atoms with Crippen LogP contribution in [-0.4, -0.2) is 21.0 Å². The normalized spacial score (nSPS) is 10.9. The molecule has 1 aromatic heterocycles. The van der Waals surface area contributed by atoms with E-state index < -0.39 is 0 Å². The molecule has 0 radical (unpaired) electrons. The van der Waals surface area contributed by atoms with Crippen LogP contribution in [0.25, 0.3) is 22.4 Å². The third-order valence-electron chi connectivity index (χ3n) is 4.22. The lowest BCUT2D eigenvalue weighted by Crippen LogP contribution is -2.12. The molecule has 28 heavy (non-hydrogen) atoms. The third-order valence-corrected chi connectivity index (χ3v) is 4.77. The second-order valence-electron chi connectivity index (χ2n) is 6.14. The summed E-state index contributed by atoms with van der Waals surface area (Å²) in [5.41, 5.74) is 8.43. The van der Waals surface area contributed by atoms with Crippen molar-refractivity contribution >= 4 is 51.5 Å². The third kappa shape index (κ3) is 3.35. The van der Waals surface area contributed by atoms with Gasteiger partial charge >= 0.3 is 0 Å². The zero-order valence-corrected chi connectivity index (χ0v) is 15.8. The number of hydrogen-bond donors (Lipinski definition) is 4. The number of carbonyl (C=O) groups excluding carboxylic acids is 1. The molecule has 0 atom stereocenters. The topological polar surface area (TPSA) is 104 Å². The van der Waals surface area contributed by atoms with Gasteiger partial charge in [-0.1, -0.05) is 23.2 Å². The van der Waals surface area contributed by atoms with Crippen LogP contribution in [0.2, 0.25) is 10.0 Å². The van der Waals surface area contributed by atoms with Gasteiger partial charge in [-0.15, -0.1) is 0 Å². The van der Waals surface area contributed by atoms with E-state index in [0.717, 1.165) is 0 Å². The highest BCUT2D eigenvalue weighted by molar-refractivity contribution is 6.36. The van der Waals surface area contributed by atoms with E-state index in [0.29, 0.717) is 49.4 Å². The number of rotatable bonds is 3. The predicted molar refractivity (Wildman–Crippen MR) is 112 cm³/mol. The van der Waals surface area contributed by atoms with E-state index in [1.165, 1.54) is 12.1 Å². The highest BCUT2D eigenvalue weighted by Crippen LogP contribution is 2.33. The number of aromatic hydroxyl groups is 1. The molecule has 0 unspecified atom stereocenters. The van der Waals surface area contributed by atoms with Crippen molar-refractivity contribution in [1.29, 1.82) is 0 Å². The van der Waals surface area contributed by atoms with Gasteiger partial charge in [-0.2, -0.15) is 0 Å². The number of amides is 1. The van der Waals surface area contributed by atoms with Crippen LogP contribution in [0, 0.1) is 0 Å². The lowest BCUT2D eigenvalue weighted by atomic mass is 10.1. The molecule has 8 heteroatoms. The van der Waals surface area contributed by atoms with Crippen molar-refractivity contribution in [3.8, 4) is 17.1 Å². The van der Waals surface area contributed by atoms with Gasteiger partial charge in [0.1, 0.15) is 22.6 Å². The van der Waals surface area contributed by atoms with E-state index in [9.17, 15) is 9.90 Å². The minimum Gasteiger partial charge on any atom is -0.506 e. The van der Waals surface area contributed by atoms with Crippen LogP contribution in [0.15, 0.2) is 54.6 Å². The van der Waals surface area contributed by atoms with Gasteiger partial charge in [0.15, 0.2) is 0 Å². The number of aromatic amines is 1. The number of phenolic OH excluding ortho intramolecular Hbond substituents is 1. The molecule has 1 amide bonds. The van der Waals surface area contributed by atoms with Crippen LogP contribution in [0.4, 0.5) is 11.4 Å². The molecule has 0 saturated heterocycles.